The molecule has 0 spiro atoms. The predicted octanol–water partition coefficient (Wildman–Crippen LogP) is 8.84. The Bertz CT molecular complexity index is 2110. The van der Waals surface area contributed by atoms with E-state index in [4.69, 9.17) is 33.7 Å². The molecule has 2 aromatic carbocycles. The van der Waals surface area contributed by atoms with Crippen molar-refractivity contribution in [2.24, 2.45) is 0 Å². The molecule has 1 amide bonds. The van der Waals surface area contributed by atoms with E-state index in [9.17, 15) is 9.18 Å². The first-order valence-electron chi connectivity index (χ1n) is 22.0. The average molecular weight is 863 g/mol. The number of alkyl halides is 1. The first-order chi connectivity index (χ1) is 28.9. The van der Waals surface area contributed by atoms with Crippen LogP contribution >= 0.6 is 0 Å². The van der Waals surface area contributed by atoms with Gasteiger partial charge in [-0.1, -0.05) is 53.5 Å². The van der Waals surface area contributed by atoms with E-state index in [0.29, 0.717) is 70.9 Å². The highest BCUT2D eigenvalue weighted by molar-refractivity contribution is 6.90. The molecule has 7 rings (SSSR count). The molecule has 0 unspecified atom stereocenters. The molecule has 2 bridgehead atoms. The van der Waals surface area contributed by atoms with Crippen molar-refractivity contribution >= 4 is 30.9 Å². The number of methoxy groups -OCH3 is 1. The third-order valence-corrected chi connectivity index (χ3v) is 19.6. The Morgan fingerprint density at radius 1 is 0.951 bits per heavy atom. The SMILES string of the molecule is COCOc1cc(COc2nc(OC[C@@]34CCCN3C[C@H](F)C4)nc(N3C[C@H]4CC[C@@H](C3)N4C(=O)OC(C)(C)C)n2)c2c(C#C[Si](C(C)C)(C(C)C)C(C)C)c(F)ccc2c1. The van der Waals surface area contributed by atoms with Crippen LogP contribution in [-0.4, -0.2) is 115 Å². The number of anilines is 1. The second kappa shape index (κ2) is 17.8. The quantitative estimate of drug-likeness (QED) is 0.0934. The van der Waals surface area contributed by atoms with Crippen molar-refractivity contribution in [3.8, 4) is 29.2 Å². The van der Waals surface area contributed by atoms with Crippen LogP contribution in [0.4, 0.5) is 19.5 Å². The normalized spacial score (nSPS) is 22.9. The number of amides is 1. The monoisotopic (exact) mass is 862 g/mol. The number of hydrogen-bond acceptors (Lipinski definition) is 11. The molecule has 5 heterocycles. The smallest absolute Gasteiger partial charge is 0.410 e. The number of hydrogen-bond donors (Lipinski definition) is 0. The molecule has 0 saturated carbocycles. The van der Waals surface area contributed by atoms with Crippen molar-refractivity contribution in [3.63, 3.8) is 0 Å². The fourth-order valence-corrected chi connectivity index (χ4v) is 15.8. The highest BCUT2D eigenvalue weighted by atomic mass is 28.3. The summed E-state index contributed by atoms with van der Waals surface area (Å²) in [7, 11) is -0.671. The molecule has 4 aliphatic rings. The number of carbonyl (C=O) groups excluding carboxylic acids is 1. The molecule has 61 heavy (non-hydrogen) atoms. The van der Waals surface area contributed by atoms with Gasteiger partial charge >= 0.3 is 18.1 Å². The summed E-state index contributed by atoms with van der Waals surface area (Å²) in [5.74, 6) is 3.85. The van der Waals surface area contributed by atoms with Crippen molar-refractivity contribution in [2.75, 3.05) is 51.6 Å². The molecule has 4 fully saturated rings. The van der Waals surface area contributed by atoms with Crippen LogP contribution in [0.2, 0.25) is 16.6 Å². The third kappa shape index (κ3) is 9.27. The van der Waals surface area contributed by atoms with Crippen LogP contribution in [-0.2, 0) is 16.1 Å². The third-order valence-electron chi connectivity index (χ3n) is 13.3. The first-order valence-corrected chi connectivity index (χ1v) is 24.2. The number of piperazine rings is 1. The molecule has 4 saturated heterocycles. The second-order valence-electron chi connectivity index (χ2n) is 19.3. The van der Waals surface area contributed by atoms with Gasteiger partial charge in [-0.2, -0.15) is 9.97 Å². The van der Waals surface area contributed by atoms with E-state index >= 15 is 4.39 Å². The van der Waals surface area contributed by atoms with Gasteiger partial charge in [0.25, 0.3) is 0 Å². The van der Waals surface area contributed by atoms with Crippen LogP contribution in [0, 0.1) is 17.3 Å². The number of aromatic nitrogens is 3. The molecule has 3 aromatic rings. The van der Waals surface area contributed by atoms with E-state index in [1.54, 1.807) is 13.2 Å². The number of halogens is 2. The summed E-state index contributed by atoms with van der Waals surface area (Å²) in [5.41, 5.74) is 4.72. The summed E-state index contributed by atoms with van der Waals surface area (Å²) >= 11 is 0. The maximum Gasteiger partial charge on any atom is 0.410 e. The Hall–Kier alpha value is -4.26. The van der Waals surface area contributed by atoms with Crippen LogP contribution in [0.25, 0.3) is 10.8 Å². The van der Waals surface area contributed by atoms with Gasteiger partial charge in [0.2, 0.25) is 5.95 Å². The van der Waals surface area contributed by atoms with E-state index in [2.05, 4.69) is 62.9 Å². The fourth-order valence-electron chi connectivity index (χ4n) is 10.6. The Morgan fingerprint density at radius 2 is 1.62 bits per heavy atom. The van der Waals surface area contributed by atoms with Gasteiger partial charge in [-0.15, -0.1) is 10.5 Å². The number of nitrogens with zero attached hydrogens (tertiary/aromatic N) is 6. The zero-order valence-electron chi connectivity index (χ0n) is 37.6. The number of ether oxygens (including phenoxy) is 5. The van der Waals surface area contributed by atoms with Crippen LogP contribution < -0.4 is 19.1 Å². The highest BCUT2D eigenvalue weighted by Crippen LogP contribution is 2.42. The van der Waals surface area contributed by atoms with Crippen molar-refractivity contribution in [3.05, 3.63) is 41.2 Å². The van der Waals surface area contributed by atoms with Crippen molar-refractivity contribution in [1.82, 2.24) is 24.8 Å². The summed E-state index contributed by atoms with van der Waals surface area (Å²) in [6.45, 7) is 21.4. The predicted molar refractivity (Wildman–Crippen MR) is 234 cm³/mol. The van der Waals surface area contributed by atoms with Gasteiger partial charge in [0, 0.05) is 44.1 Å². The summed E-state index contributed by atoms with van der Waals surface area (Å²) in [4.78, 5) is 33.7. The van der Waals surface area contributed by atoms with Gasteiger partial charge in [-0.3, -0.25) is 9.80 Å². The Kier molecular flexibility index (Phi) is 13.1. The van der Waals surface area contributed by atoms with Crippen molar-refractivity contribution < 1.29 is 37.3 Å². The van der Waals surface area contributed by atoms with Crippen molar-refractivity contribution in [2.45, 2.75) is 147 Å². The lowest BCUT2D eigenvalue weighted by Crippen LogP contribution is -2.57. The molecule has 15 heteroatoms. The molecule has 12 nitrogen and oxygen atoms in total. The molecule has 4 aliphatic heterocycles. The van der Waals surface area contributed by atoms with E-state index in [1.165, 1.54) is 6.07 Å². The van der Waals surface area contributed by atoms with Crippen LogP contribution in [0.3, 0.4) is 0 Å². The van der Waals surface area contributed by atoms with E-state index < -0.39 is 31.2 Å². The zero-order valence-corrected chi connectivity index (χ0v) is 38.6. The van der Waals surface area contributed by atoms with Gasteiger partial charge in [-0.05, 0) is 93.2 Å². The number of fused-ring (bicyclic) bond motifs is 4. The van der Waals surface area contributed by atoms with E-state index in [1.807, 2.05) is 42.7 Å². The van der Waals surface area contributed by atoms with E-state index in [0.717, 1.165) is 37.6 Å². The molecule has 0 N–H and O–H groups in total. The maximum absolute atomic E-state index is 16.1. The van der Waals surface area contributed by atoms with Crippen LogP contribution in [0.5, 0.6) is 17.8 Å². The standard InChI is InChI=1S/C46H64F2N6O6Si/c1-29(2)61(30(3)4,31(5)6)19-16-38-39(48)15-12-32-20-37(59-28-56-10)21-33(40(32)38)26-57-42-49-41(50-43(51-42)58-27-46-17-11-18-53(46)23-34(47)22-46)52-24-35-13-14-36(25-52)54(35)44(55)60-45(7,8)9/h12,15,20-21,29-31,34-36H,11,13-14,17-18,22-28H2,1-10H3/t34-,35-,36+,46+/m1/s1. The minimum atomic E-state index is -2.22. The summed E-state index contributed by atoms with van der Waals surface area (Å²) in [6.07, 6.45) is 2.62. The Balaban J connectivity index is 1.25. The largest absolute Gasteiger partial charge is 0.468 e. The zero-order chi connectivity index (χ0) is 43.9. The molecular formula is C46H64F2N6O6Si. The Morgan fingerprint density at radius 3 is 2.26 bits per heavy atom. The topological polar surface area (TPSA) is 112 Å². The van der Waals surface area contributed by atoms with Gasteiger partial charge in [-0.25, -0.2) is 13.6 Å². The number of rotatable bonds is 13. The van der Waals surface area contributed by atoms with Gasteiger partial charge in [0.05, 0.1) is 23.2 Å². The minimum Gasteiger partial charge on any atom is -0.468 e. The molecule has 0 aliphatic carbocycles. The summed E-state index contributed by atoms with van der Waals surface area (Å²) in [5, 5.41) is 1.37. The molecule has 1 aromatic heterocycles. The van der Waals surface area contributed by atoms with Gasteiger partial charge in [0.1, 0.15) is 44.6 Å². The first kappa shape index (κ1) is 44.8. The molecule has 0 radical (unpaired) electrons. The molecule has 4 atom stereocenters. The lowest BCUT2D eigenvalue weighted by molar-refractivity contribution is 0.0121. The Labute approximate surface area is 361 Å². The number of benzene rings is 2. The fraction of sp³-hybridized carbons (Fsp3) is 0.652. The lowest BCUT2D eigenvalue weighted by atomic mass is 9.95. The number of carbonyl (C=O) groups is 1. The van der Waals surface area contributed by atoms with Gasteiger partial charge in [0.15, 0.2) is 6.79 Å². The molecule has 332 valence electrons. The maximum atomic E-state index is 16.1. The summed E-state index contributed by atoms with van der Waals surface area (Å²) in [6, 6.07) is 6.76. The summed E-state index contributed by atoms with van der Waals surface area (Å²) < 4.78 is 60.6. The van der Waals surface area contributed by atoms with E-state index in [-0.39, 0.29) is 50.2 Å². The highest BCUT2D eigenvalue weighted by Gasteiger charge is 2.50. The van der Waals surface area contributed by atoms with Crippen LogP contribution in [0.15, 0.2) is 24.3 Å². The van der Waals surface area contributed by atoms with Gasteiger partial charge < -0.3 is 28.6 Å². The van der Waals surface area contributed by atoms with Crippen LogP contribution in [0.1, 0.15) is 106 Å². The second-order valence-corrected chi connectivity index (χ2v) is 24.9. The minimum absolute atomic E-state index is 0.0173. The lowest BCUT2D eigenvalue weighted by Gasteiger charge is -2.41. The average Bonchev–Trinajstić information content (AvgIpc) is 3.81. The molecular weight excluding hydrogens is 799 g/mol. The van der Waals surface area contributed by atoms with Crippen molar-refractivity contribution in [1.29, 1.82) is 0 Å².